The Hall–Kier alpha value is -3.09. The van der Waals surface area contributed by atoms with Crippen molar-refractivity contribution in [2.75, 3.05) is 11.9 Å². The zero-order valence-electron chi connectivity index (χ0n) is 10.8. The number of carbonyl (C=O) groups is 2. The number of hydrogen-bond acceptors (Lipinski definition) is 5. The molecule has 1 aromatic carbocycles. The minimum atomic E-state index is -1.11. The van der Waals surface area contributed by atoms with Crippen LogP contribution in [0, 0.1) is 0 Å². The van der Waals surface area contributed by atoms with Crippen LogP contribution in [0.15, 0.2) is 42.6 Å². The summed E-state index contributed by atoms with van der Waals surface area (Å²) < 4.78 is 5.14. The molecule has 7 heteroatoms. The molecule has 0 atom stereocenters. The van der Waals surface area contributed by atoms with E-state index in [1.165, 1.54) is 30.5 Å². The predicted molar refractivity (Wildman–Crippen MR) is 73.4 cm³/mol. The summed E-state index contributed by atoms with van der Waals surface area (Å²) >= 11 is 0. The van der Waals surface area contributed by atoms with Crippen LogP contribution < -0.4 is 10.1 Å². The fourth-order valence-electron chi connectivity index (χ4n) is 1.53. The monoisotopic (exact) mass is 288 g/mol. The Morgan fingerprint density at radius 1 is 1.24 bits per heavy atom. The minimum Gasteiger partial charge on any atom is -0.504 e. The summed E-state index contributed by atoms with van der Waals surface area (Å²) in [6.45, 7) is -0.337. The molecule has 0 saturated heterocycles. The highest BCUT2D eigenvalue weighted by molar-refractivity contribution is 5.93. The van der Waals surface area contributed by atoms with Crippen molar-refractivity contribution in [3.8, 4) is 11.5 Å². The van der Waals surface area contributed by atoms with Crippen molar-refractivity contribution in [3.63, 3.8) is 0 Å². The first-order valence-corrected chi connectivity index (χ1v) is 5.96. The topological polar surface area (TPSA) is 109 Å². The van der Waals surface area contributed by atoms with Gasteiger partial charge >= 0.3 is 5.97 Å². The first-order chi connectivity index (χ1) is 10.1. The lowest BCUT2D eigenvalue weighted by atomic mass is 10.2. The molecule has 0 unspecified atom stereocenters. The van der Waals surface area contributed by atoms with E-state index in [0.717, 1.165) is 0 Å². The fourth-order valence-corrected chi connectivity index (χ4v) is 1.53. The van der Waals surface area contributed by atoms with Crippen LogP contribution in [0.25, 0.3) is 0 Å². The molecule has 7 nitrogen and oxygen atoms in total. The van der Waals surface area contributed by atoms with Crippen molar-refractivity contribution in [2.24, 2.45) is 0 Å². The molecule has 0 radical (unpaired) electrons. The van der Waals surface area contributed by atoms with Gasteiger partial charge in [-0.05, 0) is 24.3 Å². The van der Waals surface area contributed by atoms with Gasteiger partial charge in [0, 0.05) is 6.20 Å². The molecule has 0 bridgehead atoms. The number of aromatic hydroxyl groups is 1. The third-order valence-electron chi connectivity index (χ3n) is 2.50. The van der Waals surface area contributed by atoms with Crippen LogP contribution in [0.1, 0.15) is 10.4 Å². The zero-order valence-corrected chi connectivity index (χ0v) is 10.8. The molecule has 108 valence electrons. The Balaban J connectivity index is 1.95. The molecule has 21 heavy (non-hydrogen) atoms. The highest BCUT2D eigenvalue weighted by Crippen LogP contribution is 2.24. The maximum atomic E-state index is 11.7. The average Bonchev–Trinajstić information content (AvgIpc) is 2.46. The number of aromatic carboxylic acids is 1. The molecule has 3 N–H and O–H groups in total. The number of pyridine rings is 1. The van der Waals surface area contributed by atoms with E-state index < -0.39 is 11.9 Å². The molecule has 0 aliphatic rings. The Kier molecular flexibility index (Phi) is 4.35. The Morgan fingerprint density at radius 2 is 2.00 bits per heavy atom. The molecule has 0 aliphatic carbocycles. The van der Waals surface area contributed by atoms with Crippen molar-refractivity contribution >= 4 is 17.7 Å². The van der Waals surface area contributed by atoms with Crippen LogP contribution in [0.4, 0.5) is 5.82 Å². The van der Waals surface area contributed by atoms with E-state index in [-0.39, 0.29) is 29.5 Å². The smallest absolute Gasteiger partial charge is 0.335 e. The first-order valence-electron chi connectivity index (χ1n) is 5.96. The number of aromatic nitrogens is 1. The van der Waals surface area contributed by atoms with Crippen LogP contribution >= 0.6 is 0 Å². The number of nitrogens with zero attached hydrogens (tertiary/aromatic N) is 1. The number of carbonyl (C=O) groups excluding carboxylic acids is 1. The fraction of sp³-hybridized carbons (Fsp3) is 0.0714. The van der Waals surface area contributed by atoms with Gasteiger partial charge in [0.05, 0.1) is 5.56 Å². The highest BCUT2D eigenvalue weighted by atomic mass is 16.5. The van der Waals surface area contributed by atoms with E-state index in [9.17, 15) is 14.7 Å². The number of carboxylic acid groups (broad SMARTS) is 1. The van der Waals surface area contributed by atoms with Crippen molar-refractivity contribution < 1.29 is 24.5 Å². The van der Waals surface area contributed by atoms with Gasteiger partial charge in [-0.3, -0.25) is 4.79 Å². The van der Waals surface area contributed by atoms with E-state index >= 15 is 0 Å². The number of anilines is 1. The summed E-state index contributed by atoms with van der Waals surface area (Å²) in [6, 6.07) is 8.79. The predicted octanol–water partition coefficient (Wildman–Crippen LogP) is 1.50. The number of ether oxygens (including phenoxy) is 1. The van der Waals surface area contributed by atoms with Gasteiger partial charge in [0.2, 0.25) is 0 Å². The Bertz CT molecular complexity index is 672. The third-order valence-corrected chi connectivity index (χ3v) is 2.50. The van der Waals surface area contributed by atoms with Gasteiger partial charge < -0.3 is 20.3 Å². The van der Waals surface area contributed by atoms with Crippen molar-refractivity contribution in [1.29, 1.82) is 0 Å². The summed E-state index contributed by atoms with van der Waals surface area (Å²) in [5.74, 6) is -1.41. The molecule has 1 heterocycles. The van der Waals surface area contributed by atoms with Crippen LogP contribution in [-0.2, 0) is 4.79 Å². The first kappa shape index (κ1) is 14.3. The molecule has 1 aromatic heterocycles. The molecule has 1 amide bonds. The Labute approximate surface area is 119 Å². The molecule has 2 aromatic rings. The lowest BCUT2D eigenvalue weighted by molar-refractivity contribution is -0.118. The van der Waals surface area contributed by atoms with Gasteiger partial charge in [-0.25, -0.2) is 9.78 Å². The van der Waals surface area contributed by atoms with Gasteiger partial charge in [-0.2, -0.15) is 0 Å². The van der Waals surface area contributed by atoms with E-state index in [2.05, 4.69) is 10.3 Å². The SMILES string of the molecule is O=C(COc1ccccc1O)Nc1cc(C(=O)O)ccn1. The second kappa shape index (κ2) is 6.38. The minimum absolute atomic E-state index is 0.0157. The van der Waals surface area contributed by atoms with Crippen molar-refractivity contribution in [1.82, 2.24) is 4.98 Å². The van der Waals surface area contributed by atoms with Gasteiger partial charge in [0.1, 0.15) is 5.82 Å². The summed E-state index contributed by atoms with van der Waals surface area (Å²) in [4.78, 5) is 26.3. The number of hydrogen-bond donors (Lipinski definition) is 3. The molecule has 0 aliphatic heterocycles. The third kappa shape index (κ3) is 3.93. The lowest BCUT2D eigenvalue weighted by Crippen LogP contribution is -2.21. The summed E-state index contributed by atoms with van der Waals surface area (Å²) in [5, 5.41) is 20.7. The van der Waals surface area contributed by atoms with Gasteiger partial charge in [-0.15, -0.1) is 0 Å². The number of nitrogens with one attached hydrogen (secondary N) is 1. The molecule has 0 fully saturated rings. The average molecular weight is 288 g/mol. The number of amides is 1. The second-order valence-corrected chi connectivity index (χ2v) is 4.04. The standard InChI is InChI=1S/C14H12N2O5/c17-10-3-1-2-4-11(10)21-8-13(18)16-12-7-9(14(19)20)5-6-15-12/h1-7,17H,8H2,(H,19,20)(H,15,16,18). The maximum absolute atomic E-state index is 11.7. The van der Waals surface area contributed by atoms with E-state index in [0.29, 0.717) is 0 Å². The lowest BCUT2D eigenvalue weighted by Gasteiger charge is -2.08. The number of phenols is 1. The highest BCUT2D eigenvalue weighted by Gasteiger charge is 2.09. The van der Waals surface area contributed by atoms with Crippen LogP contribution in [0.5, 0.6) is 11.5 Å². The Morgan fingerprint density at radius 3 is 2.71 bits per heavy atom. The number of para-hydroxylation sites is 2. The zero-order chi connectivity index (χ0) is 15.2. The largest absolute Gasteiger partial charge is 0.504 e. The summed E-state index contributed by atoms with van der Waals surface area (Å²) in [5.41, 5.74) is 0.0157. The normalized spacial score (nSPS) is 9.90. The maximum Gasteiger partial charge on any atom is 0.335 e. The number of phenolic OH excluding ortho intramolecular Hbond substituents is 1. The molecular weight excluding hydrogens is 276 g/mol. The van der Waals surface area contributed by atoms with Gasteiger partial charge in [0.15, 0.2) is 18.1 Å². The molecule has 0 spiro atoms. The summed E-state index contributed by atoms with van der Waals surface area (Å²) in [6.07, 6.45) is 1.28. The van der Waals surface area contributed by atoms with E-state index in [4.69, 9.17) is 9.84 Å². The van der Waals surface area contributed by atoms with Crippen LogP contribution in [-0.4, -0.2) is 33.7 Å². The van der Waals surface area contributed by atoms with E-state index in [1.807, 2.05) is 0 Å². The number of benzene rings is 1. The van der Waals surface area contributed by atoms with Crippen LogP contribution in [0.3, 0.4) is 0 Å². The quantitative estimate of drug-likeness (QED) is 0.769. The second-order valence-electron chi connectivity index (χ2n) is 4.04. The van der Waals surface area contributed by atoms with Gasteiger partial charge in [0.25, 0.3) is 5.91 Å². The van der Waals surface area contributed by atoms with Crippen LogP contribution in [0.2, 0.25) is 0 Å². The molecule has 2 rings (SSSR count). The van der Waals surface area contributed by atoms with Crippen molar-refractivity contribution in [2.45, 2.75) is 0 Å². The summed E-state index contributed by atoms with van der Waals surface area (Å²) in [7, 11) is 0. The molecule has 0 saturated carbocycles. The van der Waals surface area contributed by atoms with Gasteiger partial charge in [-0.1, -0.05) is 12.1 Å². The van der Waals surface area contributed by atoms with E-state index in [1.54, 1.807) is 12.1 Å². The number of rotatable bonds is 5. The molecular formula is C14H12N2O5. The number of carboxylic acids is 1. The van der Waals surface area contributed by atoms with Crippen molar-refractivity contribution in [3.05, 3.63) is 48.2 Å².